The van der Waals surface area contributed by atoms with Crippen LogP contribution in [0, 0.1) is 10.1 Å². The molecule has 126 valence electrons. The first kappa shape index (κ1) is 16.4. The highest BCUT2D eigenvalue weighted by atomic mass is 16.6. The molecular formula is C19H28N2O2. The minimum Gasteiger partial charge on any atom is -0.293 e. The molecule has 2 aliphatic carbocycles. The Balaban J connectivity index is 1.72. The first-order valence-corrected chi connectivity index (χ1v) is 9.23. The van der Waals surface area contributed by atoms with Gasteiger partial charge >= 0.3 is 0 Å². The van der Waals surface area contributed by atoms with E-state index in [0.717, 1.165) is 6.54 Å². The summed E-state index contributed by atoms with van der Waals surface area (Å²) >= 11 is 0. The van der Waals surface area contributed by atoms with E-state index in [2.05, 4.69) is 4.90 Å². The van der Waals surface area contributed by atoms with Crippen LogP contribution in [0.25, 0.3) is 0 Å². The number of hydrogen-bond acceptors (Lipinski definition) is 3. The summed E-state index contributed by atoms with van der Waals surface area (Å²) in [7, 11) is 0. The van der Waals surface area contributed by atoms with E-state index in [4.69, 9.17) is 0 Å². The van der Waals surface area contributed by atoms with E-state index in [1.54, 1.807) is 12.1 Å². The average molecular weight is 316 g/mol. The SMILES string of the molecule is O=[N+]([O-])c1ccc(CN(C2CCCCC2)C2CCCCC2)cc1. The van der Waals surface area contributed by atoms with Crippen LogP contribution in [0.4, 0.5) is 5.69 Å². The van der Waals surface area contributed by atoms with E-state index in [1.165, 1.54) is 69.8 Å². The van der Waals surface area contributed by atoms with Crippen molar-refractivity contribution in [3.63, 3.8) is 0 Å². The van der Waals surface area contributed by atoms with Crippen molar-refractivity contribution in [1.82, 2.24) is 4.90 Å². The van der Waals surface area contributed by atoms with Crippen molar-refractivity contribution in [3.8, 4) is 0 Å². The van der Waals surface area contributed by atoms with Crippen LogP contribution >= 0.6 is 0 Å². The van der Waals surface area contributed by atoms with Crippen LogP contribution in [0.15, 0.2) is 24.3 Å². The van der Waals surface area contributed by atoms with Gasteiger partial charge in [0.25, 0.3) is 5.69 Å². The lowest BCUT2D eigenvalue weighted by Gasteiger charge is -2.41. The number of nitro groups is 1. The van der Waals surface area contributed by atoms with Gasteiger partial charge < -0.3 is 0 Å². The normalized spacial score (nSPS) is 20.7. The summed E-state index contributed by atoms with van der Waals surface area (Å²) in [5, 5.41) is 10.8. The van der Waals surface area contributed by atoms with Gasteiger partial charge in [0.2, 0.25) is 0 Å². The molecule has 0 amide bonds. The molecule has 1 aromatic rings. The molecule has 23 heavy (non-hydrogen) atoms. The fraction of sp³-hybridized carbons (Fsp3) is 0.684. The molecule has 0 atom stereocenters. The summed E-state index contributed by atoms with van der Waals surface area (Å²) in [6.07, 6.45) is 13.5. The van der Waals surface area contributed by atoms with Crippen LogP contribution in [-0.2, 0) is 6.54 Å². The maximum Gasteiger partial charge on any atom is 0.269 e. The molecule has 4 heteroatoms. The van der Waals surface area contributed by atoms with Crippen molar-refractivity contribution in [1.29, 1.82) is 0 Å². The first-order valence-electron chi connectivity index (χ1n) is 9.23. The van der Waals surface area contributed by atoms with E-state index in [9.17, 15) is 10.1 Å². The number of nitro benzene ring substituents is 1. The summed E-state index contributed by atoms with van der Waals surface area (Å²) in [5.74, 6) is 0. The van der Waals surface area contributed by atoms with E-state index in [0.29, 0.717) is 12.1 Å². The van der Waals surface area contributed by atoms with Crippen molar-refractivity contribution in [3.05, 3.63) is 39.9 Å². The molecule has 0 unspecified atom stereocenters. The zero-order valence-electron chi connectivity index (χ0n) is 14.0. The monoisotopic (exact) mass is 316 g/mol. The standard InChI is InChI=1S/C19H28N2O2/c22-21(23)19-13-11-16(12-14-19)15-20(17-7-3-1-4-8-17)18-9-5-2-6-10-18/h11-14,17-18H,1-10,15H2. The summed E-state index contributed by atoms with van der Waals surface area (Å²) < 4.78 is 0. The lowest BCUT2D eigenvalue weighted by Crippen LogP contribution is -2.44. The van der Waals surface area contributed by atoms with Gasteiger partial charge in [-0.25, -0.2) is 0 Å². The third kappa shape index (κ3) is 4.31. The predicted molar refractivity (Wildman–Crippen MR) is 92.4 cm³/mol. The maximum absolute atomic E-state index is 10.8. The van der Waals surface area contributed by atoms with Crippen LogP contribution < -0.4 is 0 Å². The lowest BCUT2D eigenvalue weighted by atomic mass is 9.88. The molecule has 2 aliphatic rings. The Morgan fingerprint density at radius 1 is 0.870 bits per heavy atom. The highest BCUT2D eigenvalue weighted by molar-refractivity contribution is 5.32. The van der Waals surface area contributed by atoms with Gasteiger partial charge in [-0.2, -0.15) is 0 Å². The second-order valence-corrected chi connectivity index (χ2v) is 7.18. The molecule has 4 nitrogen and oxygen atoms in total. The Kier molecular flexibility index (Phi) is 5.65. The molecule has 0 saturated heterocycles. The van der Waals surface area contributed by atoms with Crippen LogP contribution in [-0.4, -0.2) is 21.9 Å². The van der Waals surface area contributed by atoms with Gasteiger partial charge in [-0.05, 0) is 31.2 Å². The highest BCUT2D eigenvalue weighted by Crippen LogP contribution is 2.31. The van der Waals surface area contributed by atoms with E-state index in [-0.39, 0.29) is 10.6 Å². The van der Waals surface area contributed by atoms with Crippen LogP contribution in [0.3, 0.4) is 0 Å². The van der Waals surface area contributed by atoms with Crippen molar-refractivity contribution in [2.75, 3.05) is 0 Å². The molecule has 0 radical (unpaired) electrons. The largest absolute Gasteiger partial charge is 0.293 e. The molecule has 0 N–H and O–H groups in total. The first-order chi connectivity index (χ1) is 11.2. The van der Waals surface area contributed by atoms with Crippen molar-refractivity contribution >= 4 is 5.69 Å². The highest BCUT2D eigenvalue weighted by Gasteiger charge is 2.28. The second-order valence-electron chi connectivity index (χ2n) is 7.18. The summed E-state index contributed by atoms with van der Waals surface area (Å²) in [4.78, 5) is 13.2. The smallest absolute Gasteiger partial charge is 0.269 e. The van der Waals surface area contributed by atoms with Gasteiger partial charge in [0.05, 0.1) is 4.92 Å². The molecule has 2 fully saturated rings. The summed E-state index contributed by atoms with van der Waals surface area (Å²) in [6.45, 7) is 0.952. The van der Waals surface area contributed by atoms with Gasteiger partial charge in [0.15, 0.2) is 0 Å². The Bertz CT molecular complexity index is 485. The Morgan fingerprint density at radius 3 is 1.78 bits per heavy atom. The zero-order chi connectivity index (χ0) is 16.1. The van der Waals surface area contributed by atoms with E-state index in [1.807, 2.05) is 12.1 Å². The van der Waals surface area contributed by atoms with Crippen LogP contribution in [0.5, 0.6) is 0 Å². The fourth-order valence-corrected chi connectivity index (χ4v) is 4.32. The molecule has 3 rings (SSSR count). The molecule has 0 aliphatic heterocycles. The predicted octanol–water partition coefficient (Wildman–Crippen LogP) is 5.06. The maximum atomic E-state index is 10.8. The number of nitrogens with zero attached hydrogens (tertiary/aromatic N) is 2. The fourth-order valence-electron chi connectivity index (χ4n) is 4.32. The number of hydrogen-bond donors (Lipinski definition) is 0. The quantitative estimate of drug-likeness (QED) is 0.563. The number of benzene rings is 1. The van der Waals surface area contributed by atoms with Gasteiger partial charge in [-0.3, -0.25) is 15.0 Å². The number of non-ortho nitro benzene ring substituents is 1. The second kappa shape index (κ2) is 7.91. The average Bonchev–Trinajstić information content (AvgIpc) is 2.61. The van der Waals surface area contributed by atoms with Gasteiger partial charge in [0.1, 0.15) is 0 Å². The molecular weight excluding hydrogens is 288 g/mol. The Labute approximate surface area is 139 Å². The van der Waals surface area contributed by atoms with Crippen molar-refractivity contribution in [2.45, 2.75) is 82.8 Å². The molecule has 2 saturated carbocycles. The third-order valence-electron chi connectivity index (χ3n) is 5.60. The van der Waals surface area contributed by atoms with Crippen molar-refractivity contribution in [2.24, 2.45) is 0 Å². The molecule has 0 heterocycles. The summed E-state index contributed by atoms with van der Waals surface area (Å²) in [5.41, 5.74) is 1.40. The molecule has 0 aromatic heterocycles. The van der Waals surface area contributed by atoms with Crippen LogP contribution in [0.2, 0.25) is 0 Å². The zero-order valence-corrected chi connectivity index (χ0v) is 14.0. The lowest BCUT2D eigenvalue weighted by molar-refractivity contribution is -0.384. The van der Waals surface area contributed by atoms with Crippen molar-refractivity contribution < 1.29 is 4.92 Å². The number of rotatable bonds is 5. The van der Waals surface area contributed by atoms with E-state index >= 15 is 0 Å². The minimum absolute atomic E-state index is 0.190. The topological polar surface area (TPSA) is 46.4 Å². The van der Waals surface area contributed by atoms with E-state index < -0.39 is 0 Å². The minimum atomic E-state index is -0.316. The van der Waals surface area contributed by atoms with Gasteiger partial charge in [0, 0.05) is 30.8 Å². The third-order valence-corrected chi connectivity index (χ3v) is 5.60. The van der Waals surface area contributed by atoms with Gasteiger partial charge in [-0.15, -0.1) is 0 Å². The Hall–Kier alpha value is -1.42. The molecule has 0 bridgehead atoms. The van der Waals surface area contributed by atoms with Crippen LogP contribution in [0.1, 0.15) is 69.8 Å². The molecule has 1 aromatic carbocycles. The summed E-state index contributed by atoms with van der Waals surface area (Å²) in [6, 6.07) is 8.60. The molecule has 0 spiro atoms. The Morgan fingerprint density at radius 2 is 1.35 bits per heavy atom. The van der Waals surface area contributed by atoms with Gasteiger partial charge in [-0.1, -0.05) is 50.7 Å².